The summed E-state index contributed by atoms with van der Waals surface area (Å²) in [4.78, 5) is 11.8. The van der Waals surface area contributed by atoms with Gasteiger partial charge in [-0.15, -0.1) is 0 Å². The Morgan fingerprint density at radius 1 is 1.32 bits per heavy atom. The number of ether oxygens (including phenoxy) is 1. The van der Waals surface area contributed by atoms with Crippen LogP contribution in [-0.2, 0) is 4.74 Å². The van der Waals surface area contributed by atoms with Gasteiger partial charge in [0.1, 0.15) is 5.60 Å². The molecule has 0 bridgehead atoms. The van der Waals surface area contributed by atoms with Gasteiger partial charge in [-0.05, 0) is 52.0 Å². The number of carbonyl (C=O) groups excluding carboxylic acids is 1. The number of amides is 1. The van der Waals surface area contributed by atoms with Crippen LogP contribution in [0, 0.1) is 6.92 Å². The second kappa shape index (κ2) is 4.89. The van der Waals surface area contributed by atoms with E-state index in [0.717, 1.165) is 21.1 Å². The SMILES string of the molecule is Cc1cc2cc(Br)ccc2n1NC(=O)OC(C)(C)C. The summed E-state index contributed by atoms with van der Waals surface area (Å²) >= 11 is 3.44. The van der Waals surface area contributed by atoms with E-state index in [0.29, 0.717) is 0 Å². The highest BCUT2D eigenvalue weighted by Crippen LogP contribution is 2.22. The van der Waals surface area contributed by atoms with Gasteiger partial charge in [0.05, 0.1) is 5.52 Å². The van der Waals surface area contributed by atoms with E-state index < -0.39 is 11.7 Å². The lowest BCUT2D eigenvalue weighted by Crippen LogP contribution is -2.31. The zero-order valence-corrected chi connectivity index (χ0v) is 13.0. The van der Waals surface area contributed by atoms with Gasteiger partial charge in [0, 0.05) is 15.6 Å². The van der Waals surface area contributed by atoms with Gasteiger partial charge in [-0.3, -0.25) is 4.68 Å². The van der Waals surface area contributed by atoms with Crippen molar-refractivity contribution in [1.29, 1.82) is 0 Å². The molecule has 0 spiro atoms. The fourth-order valence-electron chi connectivity index (χ4n) is 1.86. The summed E-state index contributed by atoms with van der Waals surface area (Å²) < 4.78 is 8.00. The normalized spacial score (nSPS) is 11.6. The predicted molar refractivity (Wildman–Crippen MR) is 80.0 cm³/mol. The lowest BCUT2D eigenvalue weighted by molar-refractivity contribution is 0.0614. The number of halogens is 1. The van der Waals surface area contributed by atoms with Crippen molar-refractivity contribution >= 4 is 32.9 Å². The van der Waals surface area contributed by atoms with E-state index in [2.05, 4.69) is 21.4 Å². The molecule has 1 aromatic carbocycles. The quantitative estimate of drug-likeness (QED) is 0.854. The van der Waals surface area contributed by atoms with Crippen LogP contribution in [0.4, 0.5) is 4.79 Å². The number of nitrogens with one attached hydrogen (secondary N) is 1. The van der Waals surface area contributed by atoms with Crippen molar-refractivity contribution in [2.45, 2.75) is 33.3 Å². The third kappa shape index (κ3) is 3.29. The van der Waals surface area contributed by atoms with E-state index in [-0.39, 0.29) is 0 Å². The number of fused-ring (bicyclic) bond motifs is 1. The van der Waals surface area contributed by atoms with Crippen molar-refractivity contribution in [3.8, 4) is 0 Å². The van der Waals surface area contributed by atoms with Crippen LogP contribution in [0.25, 0.3) is 10.9 Å². The van der Waals surface area contributed by atoms with Gasteiger partial charge in [0.15, 0.2) is 0 Å². The number of aromatic nitrogens is 1. The summed E-state index contributed by atoms with van der Waals surface area (Å²) in [5.41, 5.74) is 4.12. The highest BCUT2D eigenvalue weighted by molar-refractivity contribution is 9.10. The Bertz CT molecular complexity index is 626. The van der Waals surface area contributed by atoms with Crippen LogP contribution in [0.1, 0.15) is 26.5 Å². The average molecular weight is 325 g/mol. The minimum atomic E-state index is -0.510. The maximum absolute atomic E-state index is 11.8. The molecule has 0 radical (unpaired) electrons. The first-order valence-electron chi connectivity index (χ1n) is 6.04. The summed E-state index contributed by atoms with van der Waals surface area (Å²) in [7, 11) is 0. The molecular weight excluding hydrogens is 308 g/mol. The zero-order valence-electron chi connectivity index (χ0n) is 11.5. The van der Waals surface area contributed by atoms with Gasteiger partial charge >= 0.3 is 6.09 Å². The van der Waals surface area contributed by atoms with Crippen molar-refractivity contribution in [3.05, 3.63) is 34.4 Å². The monoisotopic (exact) mass is 324 g/mol. The van der Waals surface area contributed by atoms with Crippen LogP contribution in [0.3, 0.4) is 0 Å². The van der Waals surface area contributed by atoms with Crippen LogP contribution >= 0.6 is 15.9 Å². The molecule has 2 rings (SSSR count). The number of hydrogen-bond donors (Lipinski definition) is 1. The summed E-state index contributed by atoms with van der Waals surface area (Å²) in [6.07, 6.45) is -0.462. The third-order valence-electron chi connectivity index (χ3n) is 2.55. The molecule has 0 fully saturated rings. The summed E-state index contributed by atoms with van der Waals surface area (Å²) in [6.45, 7) is 7.45. The molecule has 1 heterocycles. The van der Waals surface area contributed by atoms with Gasteiger partial charge in [-0.25, -0.2) is 10.2 Å². The first-order chi connectivity index (χ1) is 8.76. The van der Waals surface area contributed by atoms with Crippen molar-refractivity contribution < 1.29 is 9.53 Å². The van der Waals surface area contributed by atoms with Gasteiger partial charge < -0.3 is 4.74 Å². The number of benzene rings is 1. The summed E-state index contributed by atoms with van der Waals surface area (Å²) in [5.74, 6) is 0. The molecule has 0 atom stereocenters. The van der Waals surface area contributed by atoms with Crippen LogP contribution in [0.15, 0.2) is 28.7 Å². The molecule has 2 aromatic rings. The maximum atomic E-state index is 11.8. The lowest BCUT2D eigenvalue weighted by atomic mass is 10.2. The Hall–Kier alpha value is -1.49. The molecular formula is C14H17BrN2O2. The zero-order chi connectivity index (χ0) is 14.2. The van der Waals surface area contributed by atoms with Crippen LogP contribution in [0.5, 0.6) is 0 Å². The maximum Gasteiger partial charge on any atom is 0.426 e. The van der Waals surface area contributed by atoms with Crippen molar-refractivity contribution in [3.63, 3.8) is 0 Å². The van der Waals surface area contributed by atoms with Gasteiger partial charge in [0.2, 0.25) is 0 Å². The van der Waals surface area contributed by atoms with E-state index >= 15 is 0 Å². The molecule has 0 saturated carbocycles. The summed E-state index contributed by atoms with van der Waals surface area (Å²) in [5, 5.41) is 1.06. The second-order valence-corrected chi connectivity index (χ2v) is 6.35. The van der Waals surface area contributed by atoms with E-state index in [9.17, 15) is 4.79 Å². The Morgan fingerprint density at radius 2 is 2.00 bits per heavy atom. The fourth-order valence-corrected chi connectivity index (χ4v) is 2.24. The lowest BCUT2D eigenvalue weighted by Gasteiger charge is -2.20. The van der Waals surface area contributed by atoms with E-state index in [1.165, 1.54) is 0 Å². The number of aryl methyl sites for hydroxylation is 1. The molecule has 102 valence electrons. The van der Waals surface area contributed by atoms with Crippen LogP contribution in [-0.4, -0.2) is 16.4 Å². The smallest absolute Gasteiger partial charge is 0.426 e. The first-order valence-corrected chi connectivity index (χ1v) is 6.83. The molecule has 0 saturated heterocycles. The van der Waals surface area contributed by atoms with E-state index in [1.807, 2.05) is 52.0 Å². The Balaban J connectivity index is 2.30. The predicted octanol–water partition coefficient (Wildman–Crippen LogP) is 4.19. The topological polar surface area (TPSA) is 43.3 Å². The molecule has 5 heteroatoms. The third-order valence-corrected chi connectivity index (χ3v) is 3.04. The Labute approximate surface area is 120 Å². The molecule has 1 aromatic heterocycles. The second-order valence-electron chi connectivity index (χ2n) is 5.44. The summed E-state index contributed by atoms with van der Waals surface area (Å²) in [6, 6.07) is 7.91. The first kappa shape index (κ1) is 13.9. The molecule has 1 N–H and O–H groups in total. The molecule has 0 unspecified atom stereocenters. The Kier molecular flexibility index (Phi) is 3.58. The molecule has 0 aliphatic rings. The van der Waals surface area contributed by atoms with E-state index in [1.54, 1.807) is 4.68 Å². The van der Waals surface area contributed by atoms with Gasteiger partial charge in [0.25, 0.3) is 0 Å². The van der Waals surface area contributed by atoms with Gasteiger partial charge in [-0.2, -0.15) is 0 Å². The minimum Gasteiger partial charge on any atom is -0.443 e. The van der Waals surface area contributed by atoms with Crippen molar-refractivity contribution in [1.82, 2.24) is 4.68 Å². The number of rotatable bonds is 1. The van der Waals surface area contributed by atoms with Crippen LogP contribution < -0.4 is 5.43 Å². The molecule has 4 nitrogen and oxygen atoms in total. The molecule has 1 amide bonds. The highest BCUT2D eigenvalue weighted by atomic mass is 79.9. The number of nitrogens with zero attached hydrogens (tertiary/aromatic N) is 1. The fraction of sp³-hybridized carbons (Fsp3) is 0.357. The molecule has 0 aliphatic heterocycles. The van der Waals surface area contributed by atoms with Crippen molar-refractivity contribution in [2.24, 2.45) is 0 Å². The minimum absolute atomic E-state index is 0.462. The number of carbonyl (C=O) groups is 1. The number of hydrogen-bond acceptors (Lipinski definition) is 2. The van der Waals surface area contributed by atoms with Gasteiger partial charge in [-0.1, -0.05) is 15.9 Å². The largest absolute Gasteiger partial charge is 0.443 e. The van der Waals surface area contributed by atoms with E-state index in [4.69, 9.17) is 4.74 Å². The molecule has 19 heavy (non-hydrogen) atoms. The van der Waals surface area contributed by atoms with Crippen molar-refractivity contribution in [2.75, 3.05) is 5.43 Å². The van der Waals surface area contributed by atoms with Crippen LogP contribution in [0.2, 0.25) is 0 Å². The molecule has 0 aliphatic carbocycles. The Morgan fingerprint density at radius 3 is 2.63 bits per heavy atom. The average Bonchev–Trinajstić information content (AvgIpc) is 2.51. The standard InChI is InChI=1S/C14H17BrN2O2/c1-9-7-10-8-11(15)5-6-12(10)17(9)16-13(18)19-14(2,3)4/h5-8H,1-4H3,(H,16,18). The highest BCUT2D eigenvalue weighted by Gasteiger charge is 2.17.